The number of nitrogens with zero attached hydrogens (tertiary/aromatic N) is 3. The molecule has 9 heteroatoms. The molecule has 3 aromatic rings. The van der Waals surface area contributed by atoms with Gasteiger partial charge in [-0.3, -0.25) is 14.4 Å². The van der Waals surface area contributed by atoms with Crippen LogP contribution in [0.25, 0.3) is 10.9 Å². The van der Waals surface area contributed by atoms with Gasteiger partial charge in [-0.15, -0.1) is 0 Å². The van der Waals surface area contributed by atoms with Crippen molar-refractivity contribution in [2.75, 3.05) is 13.1 Å². The van der Waals surface area contributed by atoms with E-state index in [0.29, 0.717) is 41.4 Å². The second kappa shape index (κ2) is 8.47. The van der Waals surface area contributed by atoms with E-state index in [1.54, 1.807) is 21.7 Å². The molecule has 1 saturated heterocycles. The van der Waals surface area contributed by atoms with Crippen molar-refractivity contribution < 1.29 is 18.8 Å². The molecular weight excluding hydrogens is 423 g/mol. The van der Waals surface area contributed by atoms with Crippen LogP contribution in [-0.4, -0.2) is 45.1 Å². The second-order valence-electron chi connectivity index (χ2n) is 7.59. The van der Waals surface area contributed by atoms with Crippen molar-refractivity contribution >= 4 is 40.1 Å². The van der Waals surface area contributed by atoms with Crippen molar-refractivity contribution in [1.29, 1.82) is 0 Å². The number of fused-ring (bicyclic) bond motifs is 1. The molecule has 31 heavy (non-hydrogen) atoms. The minimum Gasteiger partial charge on any atom is -0.369 e. The number of benzene rings is 1. The number of aromatic nitrogens is 2. The molecular formula is C22H20ClFN4O3. The Morgan fingerprint density at radius 1 is 1.19 bits per heavy atom. The number of carbonyl (C=O) groups is 3. The van der Waals surface area contributed by atoms with E-state index in [-0.39, 0.29) is 35.9 Å². The summed E-state index contributed by atoms with van der Waals surface area (Å²) in [5, 5.41) is 0.716. The van der Waals surface area contributed by atoms with Gasteiger partial charge in [0, 0.05) is 42.0 Å². The lowest BCUT2D eigenvalue weighted by Gasteiger charge is -2.31. The smallest absolute Gasteiger partial charge is 0.242 e. The number of ketones is 1. The summed E-state index contributed by atoms with van der Waals surface area (Å²) in [5.41, 5.74) is 6.53. The van der Waals surface area contributed by atoms with Crippen LogP contribution in [0.3, 0.4) is 0 Å². The van der Waals surface area contributed by atoms with Crippen molar-refractivity contribution in [2.45, 2.75) is 19.4 Å². The van der Waals surface area contributed by atoms with Gasteiger partial charge >= 0.3 is 0 Å². The highest BCUT2D eigenvalue weighted by Gasteiger charge is 2.28. The van der Waals surface area contributed by atoms with E-state index in [4.69, 9.17) is 17.3 Å². The topological polar surface area (TPSA) is 98.3 Å². The lowest BCUT2D eigenvalue weighted by molar-refractivity contribution is -0.135. The van der Waals surface area contributed by atoms with Gasteiger partial charge in [-0.2, -0.15) is 0 Å². The molecule has 1 atom stereocenters. The maximum atomic E-state index is 13.2. The summed E-state index contributed by atoms with van der Waals surface area (Å²) in [6.07, 6.45) is 4.41. The van der Waals surface area contributed by atoms with Gasteiger partial charge in [-0.25, -0.2) is 9.37 Å². The third kappa shape index (κ3) is 4.16. The fourth-order valence-electron chi connectivity index (χ4n) is 3.95. The first-order valence-corrected chi connectivity index (χ1v) is 10.2. The molecule has 0 saturated carbocycles. The number of hydrogen-bond donors (Lipinski definition) is 1. The molecule has 3 heterocycles. The van der Waals surface area contributed by atoms with E-state index in [2.05, 4.69) is 4.98 Å². The van der Waals surface area contributed by atoms with Gasteiger partial charge in [0.15, 0.2) is 10.9 Å². The molecule has 1 aromatic carbocycles. The van der Waals surface area contributed by atoms with Gasteiger partial charge in [0.1, 0.15) is 12.4 Å². The third-order valence-corrected chi connectivity index (χ3v) is 5.85. The van der Waals surface area contributed by atoms with Gasteiger partial charge in [-0.05, 0) is 43.2 Å². The highest BCUT2D eigenvalue weighted by atomic mass is 35.5. The number of hydrogen-bond acceptors (Lipinski definition) is 4. The van der Waals surface area contributed by atoms with E-state index in [1.165, 1.54) is 30.5 Å². The summed E-state index contributed by atoms with van der Waals surface area (Å²) in [5.74, 6) is -1.73. The molecule has 160 valence electrons. The van der Waals surface area contributed by atoms with Crippen LogP contribution in [0.5, 0.6) is 0 Å². The van der Waals surface area contributed by atoms with Crippen molar-refractivity contribution in [3.8, 4) is 0 Å². The number of piperidine rings is 1. The van der Waals surface area contributed by atoms with Crippen LogP contribution in [0.15, 0.2) is 42.7 Å². The largest absolute Gasteiger partial charge is 0.369 e. The summed E-state index contributed by atoms with van der Waals surface area (Å²) in [4.78, 5) is 43.2. The monoisotopic (exact) mass is 442 g/mol. The van der Waals surface area contributed by atoms with Crippen LogP contribution in [0, 0.1) is 11.7 Å². The number of rotatable bonds is 5. The number of nitrogens with two attached hydrogens (primary N) is 1. The highest BCUT2D eigenvalue weighted by Crippen LogP contribution is 2.29. The molecule has 2 amide bonds. The molecule has 2 N–H and O–H groups in total. The molecule has 0 unspecified atom stereocenters. The first-order valence-electron chi connectivity index (χ1n) is 9.86. The minimum absolute atomic E-state index is 0.0654. The standard InChI is InChI=1S/C22H20ClFN4O3/c23-21-19-16(7-8-26-21)17(20(30)13-3-5-15(24)6-4-13)11-28(19)12-18(29)27-9-1-2-14(10-27)22(25)31/h3-8,11,14H,1-2,9-10,12H2,(H2,25,31)/t14-/m1/s1. The Hall–Kier alpha value is -3.26. The van der Waals surface area contributed by atoms with Crippen LogP contribution >= 0.6 is 11.6 Å². The Morgan fingerprint density at radius 3 is 2.65 bits per heavy atom. The molecule has 0 spiro atoms. The van der Waals surface area contributed by atoms with Crippen LogP contribution in [0.4, 0.5) is 4.39 Å². The Morgan fingerprint density at radius 2 is 1.94 bits per heavy atom. The van der Waals surface area contributed by atoms with Crippen LogP contribution in [0.1, 0.15) is 28.8 Å². The van der Waals surface area contributed by atoms with Crippen molar-refractivity contribution in [2.24, 2.45) is 11.7 Å². The van der Waals surface area contributed by atoms with Gasteiger partial charge in [-0.1, -0.05) is 11.6 Å². The maximum absolute atomic E-state index is 13.2. The van der Waals surface area contributed by atoms with E-state index in [9.17, 15) is 18.8 Å². The average Bonchev–Trinajstić information content (AvgIpc) is 3.13. The maximum Gasteiger partial charge on any atom is 0.242 e. The van der Waals surface area contributed by atoms with Crippen molar-refractivity contribution in [3.05, 3.63) is 64.8 Å². The quantitative estimate of drug-likeness (QED) is 0.485. The number of halogens is 2. The molecule has 0 radical (unpaired) electrons. The molecule has 4 rings (SSSR count). The summed E-state index contributed by atoms with van der Waals surface area (Å²) < 4.78 is 14.8. The Kier molecular flexibility index (Phi) is 5.73. The first kappa shape index (κ1) is 21.0. The molecule has 0 bridgehead atoms. The van der Waals surface area contributed by atoms with E-state index >= 15 is 0 Å². The highest BCUT2D eigenvalue weighted by molar-refractivity contribution is 6.34. The number of likely N-dealkylation sites (tertiary alicyclic amines) is 1. The molecule has 7 nitrogen and oxygen atoms in total. The van der Waals surface area contributed by atoms with Crippen LogP contribution < -0.4 is 5.73 Å². The van der Waals surface area contributed by atoms with Crippen LogP contribution in [-0.2, 0) is 16.1 Å². The lowest BCUT2D eigenvalue weighted by atomic mass is 9.97. The van der Waals surface area contributed by atoms with Gasteiger partial charge < -0.3 is 15.2 Å². The lowest BCUT2D eigenvalue weighted by Crippen LogP contribution is -2.45. The molecule has 1 aliphatic rings. The fraction of sp³-hybridized carbons (Fsp3) is 0.273. The van der Waals surface area contributed by atoms with E-state index in [1.807, 2.05) is 0 Å². The minimum atomic E-state index is -0.437. The predicted molar refractivity (Wildman–Crippen MR) is 113 cm³/mol. The molecule has 2 aromatic heterocycles. The number of pyridine rings is 1. The van der Waals surface area contributed by atoms with Gasteiger partial charge in [0.25, 0.3) is 0 Å². The zero-order valence-electron chi connectivity index (χ0n) is 16.6. The molecule has 1 fully saturated rings. The summed E-state index contributed by atoms with van der Waals surface area (Å²) in [6, 6.07) is 6.91. The Labute approximate surface area is 182 Å². The molecule has 0 aliphatic carbocycles. The van der Waals surface area contributed by atoms with E-state index < -0.39 is 11.7 Å². The Balaban J connectivity index is 1.67. The number of amides is 2. The average molecular weight is 443 g/mol. The summed E-state index contributed by atoms with van der Waals surface area (Å²) in [7, 11) is 0. The van der Waals surface area contributed by atoms with E-state index in [0.717, 1.165) is 0 Å². The second-order valence-corrected chi connectivity index (χ2v) is 7.94. The fourth-order valence-corrected chi connectivity index (χ4v) is 4.22. The van der Waals surface area contributed by atoms with Crippen molar-refractivity contribution in [3.63, 3.8) is 0 Å². The number of carbonyl (C=O) groups excluding carboxylic acids is 3. The normalized spacial score (nSPS) is 16.5. The first-order chi connectivity index (χ1) is 14.8. The van der Waals surface area contributed by atoms with Crippen LogP contribution in [0.2, 0.25) is 5.15 Å². The summed E-state index contributed by atoms with van der Waals surface area (Å²) >= 11 is 6.30. The zero-order chi connectivity index (χ0) is 22.1. The SMILES string of the molecule is NC(=O)[C@@H]1CCCN(C(=O)Cn2cc(C(=O)c3ccc(F)cc3)c3ccnc(Cl)c32)C1. The molecule has 1 aliphatic heterocycles. The Bertz CT molecular complexity index is 1180. The predicted octanol–water partition coefficient (Wildman–Crippen LogP) is 2.78. The third-order valence-electron chi connectivity index (χ3n) is 5.58. The zero-order valence-corrected chi connectivity index (χ0v) is 17.3. The summed E-state index contributed by atoms with van der Waals surface area (Å²) in [6.45, 7) is 0.750. The van der Waals surface area contributed by atoms with Gasteiger partial charge in [0.2, 0.25) is 11.8 Å². The number of primary amides is 1. The van der Waals surface area contributed by atoms with Crippen molar-refractivity contribution in [1.82, 2.24) is 14.5 Å². The van der Waals surface area contributed by atoms with Gasteiger partial charge in [0.05, 0.1) is 11.4 Å².